The van der Waals surface area contributed by atoms with Gasteiger partial charge >= 0.3 is 5.97 Å². The smallest absolute Gasteiger partial charge is 0.341 e. The van der Waals surface area contributed by atoms with Crippen molar-refractivity contribution in [3.63, 3.8) is 0 Å². The zero-order valence-electron chi connectivity index (χ0n) is 16.9. The number of hydrogen-bond donors (Lipinski definition) is 2. The first kappa shape index (κ1) is 22.8. The number of carbonyl (C=O) groups is 2. The Morgan fingerprint density at radius 3 is 2.19 bits per heavy atom. The standard InChI is InChI=1S/C21H19ClN2O5S2/c1-12-13(2)30-20(18(12)21(26)29-3)23-19(25)14-4-8-16(9-5-14)24-31(27,28)17-10-6-15(22)7-11-17/h4-11,24H,1-3H3,(H,23,25). The molecule has 0 aliphatic rings. The molecule has 0 saturated carbocycles. The van der Waals surface area contributed by atoms with E-state index in [0.717, 1.165) is 10.4 Å². The van der Waals surface area contributed by atoms with Gasteiger partial charge in [0, 0.05) is 21.2 Å². The number of halogens is 1. The molecule has 162 valence electrons. The molecule has 0 saturated heterocycles. The Kier molecular flexibility index (Phi) is 6.68. The second-order valence-electron chi connectivity index (χ2n) is 6.57. The van der Waals surface area contributed by atoms with Gasteiger partial charge in [-0.2, -0.15) is 0 Å². The summed E-state index contributed by atoms with van der Waals surface area (Å²) >= 11 is 7.08. The minimum absolute atomic E-state index is 0.0671. The number of hydrogen-bond acceptors (Lipinski definition) is 6. The van der Waals surface area contributed by atoms with Crippen LogP contribution >= 0.6 is 22.9 Å². The van der Waals surface area contributed by atoms with Gasteiger partial charge in [-0.25, -0.2) is 13.2 Å². The van der Waals surface area contributed by atoms with E-state index in [4.69, 9.17) is 16.3 Å². The van der Waals surface area contributed by atoms with E-state index < -0.39 is 21.9 Å². The Morgan fingerprint density at radius 2 is 1.61 bits per heavy atom. The number of aryl methyl sites for hydroxylation is 1. The van der Waals surface area contributed by atoms with Gasteiger partial charge in [0.05, 0.1) is 17.6 Å². The Labute approximate surface area is 189 Å². The molecule has 7 nitrogen and oxygen atoms in total. The minimum Gasteiger partial charge on any atom is -0.465 e. The summed E-state index contributed by atoms with van der Waals surface area (Å²) in [4.78, 5) is 25.7. The number of sulfonamides is 1. The van der Waals surface area contributed by atoms with E-state index in [1.54, 1.807) is 6.92 Å². The van der Waals surface area contributed by atoms with Gasteiger partial charge in [-0.1, -0.05) is 11.6 Å². The van der Waals surface area contributed by atoms with Crippen LogP contribution in [0.4, 0.5) is 10.7 Å². The lowest BCUT2D eigenvalue weighted by Gasteiger charge is -2.09. The van der Waals surface area contributed by atoms with Crippen LogP contribution in [0.25, 0.3) is 0 Å². The van der Waals surface area contributed by atoms with Gasteiger partial charge in [0.2, 0.25) is 0 Å². The van der Waals surface area contributed by atoms with Crippen molar-refractivity contribution >= 4 is 55.5 Å². The summed E-state index contributed by atoms with van der Waals surface area (Å²) in [7, 11) is -2.51. The fourth-order valence-electron chi connectivity index (χ4n) is 2.76. The first-order chi connectivity index (χ1) is 14.6. The molecule has 0 fully saturated rings. The highest BCUT2D eigenvalue weighted by Crippen LogP contribution is 2.33. The number of rotatable bonds is 6. The summed E-state index contributed by atoms with van der Waals surface area (Å²) < 4.78 is 32.2. The maximum absolute atomic E-state index is 12.6. The maximum Gasteiger partial charge on any atom is 0.341 e. The summed E-state index contributed by atoms with van der Waals surface area (Å²) in [5.74, 6) is -0.956. The third-order valence-electron chi connectivity index (χ3n) is 4.53. The van der Waals surface area contributed by atoms with Gasteiger partial charge in [-0.15, -0.1) is 11.3 Å². The van der Waals surface area contributed by atoms with Gasteiger partial charge in [-0.3, -0.25) is 9.52 Å². The fraction of sp³-hybridized carbons (Fsp3) is 0.143. The first-order valence-corrected chi connectivity index (χ1v) is 11.7. The highest BCUT2D eigenvalue weighted by atomic mass is 35.5. The van der Waals surface area contributed by atoms with Gasteiger partial charge in [-0.05, 0) is 67.9 Å². The third-order valence-corrected chi connectivity index (χ3v) is 7.30. The average molecular weight is 479 g/mol. The average Bonchev–Trinajstić information content (AvgIpc) is 3.01. The first-order valence-electron chi connectivity index (χ1n) is 9.00. The molecule has 2 aromatic carbocycles. The molecular formula is C21H19ClN2O5S2. The second kappa shape index (κ2) is 9.09. The van der Waals surface area contributed by atoms with Crippen LogP contribution < -0.4 is 10.0 Å². The predicted molar refractivity (Wildman–Crippen MR) is 122 cm³/mol. The summed E-state index contributed by atoms with van der Waals surface area (Å²) in [6.45, 7) is 3.64. The molecule has 3 rings (SSSR count). The second-order valence-corrected chi connectivity index (χ2v) is 9.91. The predicted octanol–water partition coefficient (Wildman–Crippen LogP) is 4.86. The summed E-state index contributed by atoms with van der Waals surface area (Å²) in [5.41, 5.74) is 1.67. The zero-order valence-corrected chi connectivity index (χ0v) is 19.2. The maximum atomic E-state index is 12.6. The number of benzene rings is 2. The van der Waals surface area contributed by atoms with Crippen molar-refractivity contribution in [3.8, 4) is 0 Å². The van der Waals surface area contributed by atoms with Crippen molar-refractivity contribution < 1.29 is 22.7 Å². The molecule has 10 heteroatoms. The Bertz CT molecular complexity index is 1230. The summed E-state index contributed by atoms with van der Waals surface area (Å²) in [6.07, 6.45) is 0. The van der Waals surface area contributed by atoms with Crippen LogP contribution in [0.1, 0.15) is 31.2 Å². The molecule has 0 unspecified atom stereocenters. The molecule has 31 heavy (non-hydrogen) atoms. The van der Waals surface area contributed by atoms with Crippen LogP contribution in [0.15, 0.2) is 53.4 Å². The van der Waals surface area contributed by atoms with Crippen LogP contribution in [0.3, 0.4) is 0 Å². The number of carbonyl (C=O) groups excluding carboxylic acids is 2. The van der Waals surface area contributed by atoms with E-state index in [-0.39, 0.29) is 4.90 Å². The van der Waals surface area contributed by atoms with Crippen molar-refractivity contribution in [3.05, 3.63) is 75.1 Å². The molecule has 0 radical (unpaired) electrons. The van der Waals surface area contributed by atoms with E-state index in [1.807, 2.05) is 6.92 Å². The van der Waals surface area contributed by atoms with Crippen molar-refractivity contribution in [1.29, 1.82) is 0 Å². The van der Waals surface area contributed by atoms with Crippen LogP contribution in [-0.4, -0.2) is 27.4 Å². The number of anilines is 2. The SMILES string of the molecule is COC(=O)c1c(NC(=O)c2ccc(NS(=O)(=O)c3ccc(Cl)cc3)cc2)sc(C)c1C. The molecule has 0 aliphatic heterocycles. The van der Waals surface area contributed by atoms with E-state index in [2.05, 4.69) is 10.0 Å². The van der Waals surface area contributed by atoms with Gasteiger partial charge in [0.25, 0.3) is 15.9 Å². The molecule has 0 atom stereocenters. The van der Waals surface area contributed by atoms with E-state index in [9.17, 15) is 18.0 Å². The van der Waals surface area contributed by atoms with Crippen molar-refractivity contribution in [2.75, 3.05) is 17.1 Å². The summed E-state index contributed by atoms with van der Waals surface area (Å²) in [6, 6.07) is 11.7. The molecule has 3 aromatic rings. The molecular weight excluding hydrogens is 460 g/mol. The van der Waals surface area contributed by atoms with Crippen LogP contribution in [0, 0.1) is 13.8 Å². The number of esters is 1. The lowest BCUT2D eigenvalue weighted by molar-refractivity contribution is 0.0601. The van der Waals surface area contributed by atoms with Gasteiger partial charge in [0.15, 0.2) is 0 Å². The highest BCUT2D eigenvalue weighted by Gasteiger charge is 2.22. The lowest BCUT2D eigenvalue weighted by atomic mass is 10.1. The molecule has 1 heterocycles. The van der Waals surface area contributed by atoms with E-state index in [1.165, 1.54) is 67.0 Å². The Balaban J connectivity index is 1.76. The lowest BCUT2D eigenvalue weighted by Crippen LogP contribution is -2.15. The van der Waals surface area contributed by atoms with Gasteiger partial charge < -0.3 is 10.1 Å². The molecule has 0 spiro atoms. The number of ether oxygens (including phenoxy) is 1. The van der Waals surface area contributed by atoms with Crippen LogP contribution in [0.5, 0.6) is 0 Å². The third kappa shape index (κ3) is 5.07. The van der Waals surface area contributed by atoms with E-state index >= 15 is 0 Å². The van der Waals surface area contributed by atoms with Crippen LogP contribution in [0.2, 0.25) is 5.02 Å². The number of thiophene rings is 1. The van der Waals surface area contributed by atoms with Gasteiger partial charge in [0.1, 0.15) is 5.00 Å². The number of nitrogens with one attached hydrogen (secondary N) is 2. The topological polar surface area (TPSA) is 102 Å². The van der Waals surface area contributed by atoms with Crippen molar-refractivity contribution in [2.24, 2.45) is 0 Å². The normalized spacial score (nSPS) is 11.1. The largest absolute Gasteiger partial charge is 0.465 e. The molecule has 2 N–H and O–H groups in total. The highest BCUT2D eigenvalue weighted by molar-refractivity contribution is 7.92. The Morgan fingerprint density at radius 1 is 1.00 bits per heavy atom. The zero-order chi connectivity index (χ0) is 22.8. The van der Waals surface area contributed by atoms with E-state index in [0.29, 0.717) is 26.8 Å². The number of amides is 1. The van der Waals surface area contributed by atoms with Crippen molar-refractivity contribution in [1.82, 2.24) is 0 Å². The van der Waals surface area contributed by atoms with Crippen LogP contribution in [-0.2, 0) is 14.8 Å². The quantitative estimate of drug-likeness (QED) is 0.493. The Hall–Kier alpha value is -2.88. The summed E-state index contributed by atoms with van der Waals surface area (Å²) in [5, 5.41) is 3.56. The number of methoxy groups -OCH3 is 1. The molecule has 0 bridgehead atoms. The minimum atomic E-state index is -3.79. The fourth-order valence-corrected chi connectivity index (χ4v) is 4.98. The monoisotopic (exact) mass is 478 g/mol. The molecule has 1 amide bonds. The molecule has 1 aromatic heterocycles. The van der Waals surface area contributed by atoms with Crippen molar-refractivity contribution in [2.45, 2.75) is 18.7 Å². The molecule has 0 aliphatic carbocycles.